The third-order valence-corrected chi connectivity index (χ3v) is 24.6. The highest BCUT2D eigenvalue weighted by molar-refractivity contribution is 6.80. The van der Waals surface area contributed by atoms with Crippen LogP contribution in [-0.2, 0) is 25.6 Å². The van der Waals surface area contributed by atoms with Crippen LogP contribution in [0.15, 0.2) is 17.5 Å². The topological polar surface area (TPSA) is 110 Å². The molecule has 2 amide bonds. The van der Waals surface area contributed by atoms with Gasteiger partial charge in [-0.2, -0.15) is 0 Å². The Labute approximate surface area is 367 Å². The summed E-state index contributed by atoms with van der Waals surface area (Å²) in [6.45, 7) is 9.09. The van der Waals surface area contributed by atoms with E-state index in [-0.39, 0.29) is 29.8 Å². The standard InChI is InChI=1S/C50H79N5O5Si/c1-32-47(61(3,4)38-25-23-37(59-2)24-26-38)44(27-28-53-31-41(51-52-53)46(56)35-14-6-5-7-15-35)60-50(32)40-20-8-9-21-42(40)54(49(50)58)30-33-13-10-18-36(29-33)55-43-22-12-17-34-16-11-19-39(45(34)43)48(55)57/h31-39,43-47,56H,5-30H2,1-4H3/t32-,33?,34?,36?,37?,38?,39?,43?,44+,45?,46-,47-,50+/m1/s1. The first-order chi connectivity index (χ1) is 29.6. The highest BCUT2D eigenvalue weighted by Gasteiger charge is 2.67. The number of likely N-dealkylation sites (tertiary alicyclic amines) is 1. The number of hydrogen-bond acceptors (Lipinski definition) is 7. The van der Waals surface area contributed by atoms with E-state index in [4.69, 9.17) is 9.47 Å². The maximum atomic E-state index is 15.7. The van der Waals surface area contributed by atoms with Gasteiger partial charge in [-0.25, -0.2) is 0 Å². The van der Waals surface area contributed by atoms with E-state index in [1.54, 1.807) is 0 Å². The van der Waals surface area contributed by atoms with Crippen LogP contribution in [0.4, 0.5) is 0 Å². The minimum atomic E-state index is -2.01. The molecule has 10 nitrogen and oxygen atoms in total. The van der Waals surface area contributed by atoms with E-state index in [0.717, 1.165) is 102 Å². The molecule has 61 heavy (non-hydrogen) atoms. The van der Waals surface area contributed by atoms with Crippen molar-refractivity contribution in [1.82, 2.24) is 24.8 Å². The summed E-state index contributed by atoms with van der Waals surface area (Å²) in [5.41, 5.74) is 3.41. The molecule has 1 aromatic heterocycles. The largest absolute Gasteiger partial charge is 0.386 e. The van der Waals surface area contributed by atoms with Crippen molar-refractivity contribution in [3.8, 4) is 0 Å². The fraction of sp³-hybridized carbons (Fsp3) is 0.880. The second kappa shape index (κ2) is 17.4. The lowest BCUT2D eigenvalue weighted by Gasteiger charge is -2.45. The van der Waals surface area contributed by atoms with Crippen LogP contribution in [0.2, 0.25) is 24.2 Å². The van der Waals surface area contributed by atoms with Gasteiger partial charge in [-0.05, 0) is 130 Å². The number of aromatic nitrogens is 3. The normalized spacial score (nSPS) is 40.2. The number of aliphatic hydroxyl groups excluding tert-OH is 1. The summed E-state index contributed by atoms with van der Waals surface area (Å²) in [7, 11) is -0.139. The molecular formula is C50H79N5O5Si. The Bertz CT molecular complexity index is 1780. The van der Waals surface area contributed by atoms with Crippen molar-refractivity contribution in [2.75, 3.05) is 13.7 Å². The zero-order chi connectivity index (χ0) is 42.0. The first kappa shape index (κ1) is 42.8. The quantitative estimate of drug-likeness (QED) is 0.221. The van der Waals surface area contributed by atoms with Gasteiger partial charge in [0.25, 0.3) is 5.91 Å². The zero-order valence-electron chi connectivity index (χ0n) is 38.3. The fourth-order valence-corrected chi connectivity index (χ4v) is 21.5. The Balaban J connectivity index is 0.903. The van der Waals surface area contributed by atoms with Crippen LogP contribution in [0, 0.1) is 35.5 Å². The van der Waals surface area contributed by atoms with Crippen molar-refractivity contribution in [3.63, 3.8) is 0 Å². The summed E-state index contributed by atoms with van der Waals surface area (Å²) >= 11 is 0. The number of carbonyl (C=O) groups excluding carboxylic acids is 2. The summed E-state index contributed by atoms with van der Waals surface area (Å²) in [6.07, 6.45) is 29.0. The minimum absolute atomic E-state index is 0.0459. The molecule has 0 bridgehead atoms. The Kier molecular flexibility index (Phi) is 12.2. The Morgan fingerprint density at radius 3 is 2.44 bits per heavy atom. The van der Waals surface area contributed by atoms with Crippen molar-refractivity contribution in [2.45, 2.75) is 228 Å². The number of allylic oxidation sites excluding steroid dienone is 1. The number of fused-ring (bicyclic) bond motifs is 1. The summed E-state index contributed by atoms with van der Waals surface area (Å²) in [4.78, 5) is 34.6. The van der Waals surface area contributed by atoms with Crippen LogP contribution in [0.5, 0.6) is 0 Å². The molecule has 3 aliphatic heterocycles. The summed E-state index contributed by atoms with van der Waals surface area (Å²) in [5.74, 6) is 3.09. The highest BCUT2D eigenvalue weighted by atomic mass is 28.3. The highest BCUT2D eigenvalue weighted by Crippen LogP contribution is 2.62. The molecule has 4 heterocycles. The van der Waals surface area contributed by atoms with Crippen LogP contribution in [-0.4, -0.2) is 93.3 Å². The number of aliphatic hydroxyl groups is 1. The number of carbonyl (C=O) groups is 2. The second-order valence-corrected chi connectivity index (χ2v) is 27.8. The van der Waals surface area contributed by atoms with E-state index in [1.807, 2.05) is 18.0 Å². The molecule has 5 saturated carbocycles. The lowest BCUT2D eigenvalue weighted by Crippen LogP contribution is -2.51. The number of amides is 2. The molecule has 1 spiro atoms. The SMILES string of the molecule is COC1CCC([Si](C)(C)[C@H]2[C@H](CCn3cc([C@H](O)C4CCCCC4)nn3)O[C@@]3(C(=O)N(CC4CCCC(N5C(=O)C6CCCC7CCCC5C76)C4)C4=C3CCCC4)[C@@H]2C)CC1. The van der Waals surface area contributed by atoms with E-state index in [2.05, 4.69) is 40.1 Å². The van der Waals surface area contributed by atoms with E-state index in [1.165, 1.54) is 75.5 Å². The fourth-order valence-electron chi connectivity index (χ4n) is 16.4. The summed E-state index contributed by atoms with van der Waals surface area (Å²) in [6, 6.07) is 0.776. The predicted octanol–water partition coefficient (Wildman–Crippen LogP) is 9.75. The van der Waals surface area contributed by atoms with Gasteiger partial charge in [-0.1, -0.05) is 89.4 Å². The average molecular weight is 858 g/mol. The molecule has 2 saturated heterocycles. The van der Waals surface area contributed by atoms with Gasteiger partial charge in [-0.15, -0.1) is 5.10 Å². The monoisotopic (exact) mass is 858 g/mol. The Morgan fingerprint density at radius 1 is 0.902 bits per heavy atom. The Morgan fingerprint density at radius 2 is 1.66 bits per heavy atom. The summed E-state index contributed by atoms with van der Waals surface area (Å²) < 4.78 is 15.4. The lowest BCUT2D eigenvalue weighted by atomic mass is 9.65. The molecule has 0 radical (unpaired) electrons. The smallest absolute Gasteiger partial charge is 0.263 e. The molecule has 10 rings (SSSR count). The molecule has 338 valence electrons. The van der Waals surface area contributed by atoms with Crippen molar-refractivity contribution < 1.29 is 24.2 Å². The van der Waals surface area contributed by atoms with E-state index in [0.29, 0.717) is 59.3 Å². The van der Waals surface area contributed by atoms with Gasteiger partial charge < -0.3 is 24.4 Å². The molecule has 7 fully saturated rings. The van der Waals surface area contributed by atoms with E-state index >= 15 is 4.79 Å². The molecule has 1 N–H and O–H groups in total. The molecule has 11 heteroatoms. The first-order valence-electron chi connectivity index (χ1n) is 25.8. The van der Waals surface area contributed by atoms with Crippen LogP contribution < -0.4 is 0 Å². The molecular weight excluding hydrogens is 779 g/mol. The molecule has 6 unspecified atom stereocenters. The molecule has 1 aromatic rings. The number of hydrogen-bond donors (Lipinski definition) is 1. The van der Waals surface area contributed by atoms with Crippen LogP contribution in [0.1, 0.15) is 173 Å². The van der Waals surface area contributed by atoms with Crippen molar-refractivity contribution >= 4 is 19.9 Å². The van der Waals surface area contributed by atoms with Gasteiger partial charge in [0.2, 0.25) is 5.91 Å². The predicted molar refractivity (Wildman–Crippen MR) is 239 cm³/mol. The second-order valence-electron chi connectivity index (χ2n) is 22.6. The summed E-state index contributed by atoms with van der Waals surface area (Å²) in [5, 5.41) is 20.4. The van der Waals surface area contributed by atoms with Crippen LogP contribution in [0.3, 0.4) is 0 Å². The lowest BCUT2D eigenvalue weighted by molar-refractivity contribution is -0.150. The van der Waals surface area contributed by atoms with Crippen molar-refractivity contribution in [3.05, 3.63) is 23.2 Å². The van der Waals surface area contributed by atoms with Gasteiger partial charge in [0.15, 0.2) is 5.60 Å². The van der Waals surface area contributed by atoms with Crippen LogP contribution >= 0.6 is 0 Å². The number of aryl methyl sites for hydroxylation is 1. The van der Waals surface area contributed by atoms with Gasteiger partial charge in [-0.3, -0.25) is 14.3 Å². The number of rotatable bonds is 11. The average Bonchev–Trinajstić information content (AvgIpc) is 4.03. The molecule has 6 aliphatic carbocycles. The maximum Gasteiger partial charge on any atom is 0.263 e. The molecule has 11 atom stereocenters. The van der Waals surface area contributed by atoms with Gasteiger partial charge in [0.05, 0.1) is 26.5 Å². The third kappa shape index (κ3) is 7.45. The van der Waals surface area contributed by atoms with Crippen molar-refractivity contribution in [2.24, 2.45) is 35.5 Å². The number of methoxy groups -OCH3 is 1. The first-order valence-corrected chi connectivity index (χ1v) is 28.9. The number of ether oxygens (including phenoxy) is 2. The van der Waals surface area contributed by atoms with Gasteiger partial charge >= 0.3 is 0 Å². The third-order valence-electron chi connectivity index (χ3n) is 19.3. The van der Waals surface area contributed by atoms with E-state index in [9.17, 15) is 9.90 Å². The van der Waals surface area contributed by atoms with Crippen LogP contribution in [0.25, 0.3) is 0 Å². The number of nitrogens with zero attached hydrogens (tertiary/aromatic N) is 5. The van der Waals surface area contributed by atoms with Gasteiger partial charge in [0.1, 0.15) is 11.8 Å². The van der Waals surface area contributed by atoms with Gasteiger partial charge in [0, 0.05) is 49.8 Å². The Hall–Kier alpha value is -2.08. The minimum Gasteiger partial charge on any atom is -0.386 e. The molecule has 9 aliphatic rings. The van der Waals surface area contributed by atoms with E-state index < -0.39 is 19.8 Å². The van der Waals surface area contributed by atoms with Crippen molar-refractivity contribution in [1.29, 1.82) is 0 Å². The maximum absolute atomic E-state index is 15.7. The molecule has 0 aromatic carbocycles. The zero-order valence-corrected chi connectivity index (χ0v) is 39.3.